The number of esters is 1. The molecule has 0 spiro atoms. The van der Waals surface area contributed by atoms with Gasteiger partial charge in [0.1, 0.15) is 5.75 Å². The predicted molar refractivity (Wildman–Crippen MR) is 109 cm³/mol. The number of para-hydroxylation sites is 1. The van der Waals surface area contributed by atoms with Crippen molar-refractivity contribution in [2.24, 2.45) is 0 Å². The quantitative estimate of drug-likeness (QED) is 0.565. The summed E-state index contributed by atoms with van der Waals surface area (Å²) in [7, 11) is 0. The summed E-state index contributed by atoms with van der Waals surface area (Å²) in [5.41, 5.74) is 0.706. The molecule has 6 nitrogen and oxygen atoms in total. The van der Waals surface area contributed by atoms with Crippen LogP contribution in [0.25, 0.3) is 0 Å². The zero-order chi connectivity index (χ0) is 20.6. The smallest absolute Gasteiger partial charge is 0.340 e. The van der Waals surface area contributed by atoms with Gasteiger partial charge >= 0.3 is 5.97 Å². The minimum Gasteiger partial charge on any atom is -0.455 e. The second kappa shape index (κ2) is 9.73. The number of benzene rings is 3. The van der Waals surface area contributed by atoms with Crippen LogP contribution in [-0.2, 0) is 14.3 Å². The van der Waals surface area contributed by atoms with Crippen molar-refractivity contribution in [1.82, 2.24) is 0 Å². The van der Waals surface area contributed by atoms with E-state index in [0.29, 0.717) is 27.8 Å². The topological polar surface area (TPSA) is 84.9 Å². The average Bonchev–Trinajstić information content (AvgIpc) is 2.75. The van der Waals surface area contributed by atoms with Gasteiger partial charge in [0.15, 0.2) is 18.5 Å². The first-order valence-electron chi connectivity index (χ1n) is 8.75. The number of hydrogen-bond donors (Lipinski definition) is 2. The monoisotopic (exact) mass is 411 g/mol. The first kappa shape index (κ1) is 20.4. The lowest BCUT2D eigenvalue weighted by molar-refractivity contribution is -0.156. The molecular weight excluding hydrogens is 394 g/mol. The first-order valence-corrected chi connectivity index (χ1v) is 9.12. The molecule has 3 aromatic rings. The van der Waals surface area contributed by atoms with Crippen LogP contribution in [0, 0.1) is 0 Å². The van der Waals surface area contributed by atoms with Gasteiger partial charge in [-0.05, 0) is 35.9 Å². The molecule has 0 aliphatic rings. The standard InChI is InChI=1S/C22H18ClNO5/c23-16-11-12-19(29-17-9-5-2-6-10-17)18(13-16)24-20(25)14-28-22(27)21(26)15-7-3-1-4-8-15/h1-13,21,26H,14H2,(H,24,25)/t21-/m1/s1. The third-order valence-electron chi connectivity index (χ3n) is 3.87. The first-order chi connectivity index (χ1) is 14.0. The Morgan fingerprint density at radius 1 is 0.966 bits per heavy atom. The van der Waals surface area contributed by atoms with Gasteiger partial charge in [-0.15, -0.1) is 0 Å². The molecule has 0 unspecified atom stereocenters. The maximum atomic E-state index is 12.2. The van der Waals surface area contributed by atoms with Crippen LogP contribution < -0.4 is 10.1 Å². The van der Waals surface area contributed by atoms with Crippen molar-refractivity contribution in [2.45, 2.75) is 6.10 Å². The molecule has 0 fully saturated rings. The van der Waals surface area contributed by atoms with Crippen LogP contribution in [0.4, 0.5) is 5.69 Å². The van der Waals surface area contributed by atoms with Gasteiger partial charge in [0.05, 0.1) is 5.69 Å². The molecule has 0 saturated heterocycles. The third-order valence-corrected chi connectivity index (χ3v) is 4.11. The highest BCUT2D eigenvalue weighted by molar-refractivity contribution is 6.31. The number of aliphatic hydroxyl groups is 1. The van der Waals surface area contributed by atoms with Crippen molar-refractivity contribution < 1.29 is 24.2 Å². The van der Waals surface area contributed by atoms with E-state index in [1.165, 1.54) is 6.07 Å². The molecule has 148 valence electrons. The summed E-state index contributed by atoms with van der Waals surface area (Å²) >= 11 is 6.01. The number of hydrogen-bond acceptors (Lipinski definition) is 5. The van der Waals surface area contributed by atoms with Crippen molar-refractivity contribution in [1.29, 1.82) is 0 Å². The van der Waals surface area contributed by atoms with Gasteiger partial charge < -0.3 is 19.9 Å². The molecule has 0 saturated carbocycles. The highest BCUT2D eigenvalue weighted by atomic mass is 35.5. The fraction of sp³-hybridized carbons (Fsp3) is 0.0909. The molecule has 0 aromatic heterocycles. The fourth-order valence-electron chi connectivity index (χ4n) is 2.48. The Hall–Kier alpha value is -3.35. The Morgan fingerprint density at radius 2 is 1.62 bits per heavy atom. The number of halogens is 1. The molecule has 1 amide bonds. The minimum atomic E-state index is -1.47. The van der Waals surface area contributed by atoms with E-state index in [1.807, 2.05) is 18.2 Å². The lowest BCUT2D eigenvalue weighted by Gasteiger charge is -2.14. The Bertz CT molecular complexity index is 979. The molecule has 3 rings (SSSR count). The van der Waals surface area contributed by atoms with Gasteiger partial charge in [0.2, 0.25) is 0 Å². The van der Waals surface area contributed by atoms with Gasteiger partial charge in [-0.3, -0.25) is 4.79 Å². The minimum absolute atomic E-state index is 0.325. The SMILES string of the molecule is O=C(COC(=O)[C@H](O)c1ccccc1)Nc1cc(Cl)ccc1Oc1ccccc1. The van der Waals surface area contributed by atoms with E-state index in [0.717, 1.165) is 0 Å². The van der Waals surface area contributed by atoms with Crippen LogP contribution in [-0.4, -0.2) is 23.6 Å². The van der Waals surface area contributed by atoms with Gasteiger partial charge in [-0.1, -0.05) is 60.1 Å². The second-order valence-electron chi connectivity index (χ2n) is 6.02. The molecule has 1 atom stereocenters. The van der Waals surface area contributed by atoms with E-state index in [4.69, 9.17) is 21.1 Å². The zero-order valence-electron chi connectivity index (χ0n) is 15.2. The molecule has 2 N–H and O–H groups in total. The molecule has 3 aromatic carbocycles. The highest BCUT2D eigenvalue weighted by Crippen LogP contribution is 2.32. The van der Waals surface area contributed by atoms with Crippen molar-refractivity contribution in [2.75, 3.05) is 11.9 Å². The third kappa shape index (κ3) is 5.81. The van der Waals surface area contributed by atoms with Crippen molar-refractivity contribution in [3.8, 4) is 11.5 Å². The number of anilines is 1. The van der Waals surface area contributed by atoms with Crippen molar-refractivity contribution in [3.63, 3.8) is 0 Å². The van der Waals surface area contributed by atoms with Crippen molar-refractivity contribution >= 4 is 29.2 Å². The van der Waals surface area contributed by atoms with Gasteiger partial charge in [-0.25, -0.2) is 4.79 Å². The van der Waals surface area contributed by atoms with Crippen LogP contribution in [0.2, 0.25) is 5.02 Å². The summed E-state index contributed by atoms with van der Waals surface area (Å²) in [5.74, 6) is -0.552. The largest absolute Gasteiger partial charge is 0.455 e. The van der Waals surface area contributed by atoms with E-state index < -0.39 is 24.6 Å². The van der Waals surface area contributed by atoms with Gasteiger partial charge in [0, 0.05) is 5.02 Å². The summed E-state index contributed by atoms with van der Waals surface area (Å²) in [6.07, 6.45) is -1.47. The summed E-state index contributed by atoms with van der Waals surface area (Å²) in [4.78, 5) is 24.2. The van der Waals surface area contributed by atoms with E-state index in [2.05, 4.69) is 5.32 Å². The Labute approximate surface area is 172 Å². The van der Waals surface area contributed by atoms with Crippen molar-refractivity contribution in [3.05, 3.63) is 89.4 Å². The summed E-state index contributed by atoms with van der Waals surface area (Å²) in [6.45, 7) is -0.569. The molecule has 0 heterocycles. The fourth-order valence-corrected chi connectivity index (χ4v) is 2.65. The van der Waals surface area contributed by atoms with E-state index in [1.54, 1.807) is 54.6 Å². The Morgan fingerprint density at radius 3 is 2.31 bits per heavy atom. The lowest BCUT2D eigenvalue weighted by atomic mass is 10.1. The van der Waals surface area contributed by atoms with E-state index in [-0.39, 0.29) is 0 Å². The van der Waals surface area contributed by atoms with Crippen LogP contribution in [0.15, 0.2) is 78.9 Å². The number of nitrogens with one attached hydrogen (secondary N) is 1. The number of carbonyl (C=O) groups is 2. The van der Waals surface area contributed by atoms with Crippen LogP contribution in [0.5, 0.6) is 11.5 Å². The van der Waals surface area contributed by atoms with Gasteiger partial charge in [-0.2, -0.15) is 0 Å². The average molecular weight is 412 g/mol. The Kier molecular flexibility index (Phi) is 6.84. The van der Waals surface area contributed by atoms with Crippen LogP contribution in [0.3, 0.4) is 0 Å². The number of aliphatic hydroxyl groups excluding tert-OH is 1. The summed E-state index contributed by atoms with van der Waals surface area (Å²) in [5, 5.41) is 13.0. The number of amides is 1. The number of rotatable bonds is 7. The Balaban J connectivity index is 1.61. The maximum Gasteiger partial charge on any atom is 0.340 e. The number of carbonyl (C=O) groups excluding carboxylic acids is 2. The molecule has 0 aliphatic heterocycles. The van der Waals surface area contributed by atoms with E-state index in [9.17, 15) is 14.7 Å². The van der Waals surface area contributed by atoms with Gasteiger partial charge in [0.25, 0.3) is 5.91 Å². The predicted octanol–water partition coefficient (Wildman–Crippen LogP) is 4.35. The normalized spacial score (nSPS) is 11.4. The number of ether oxygens (including phenoxy) is 2. The van der Waals surface area contributed by atoms with Crippen LogP contribution in [0.1, 0.15) is 11.7 Å². The molecule has 0 bridgehead atoms. The second-order valence-corrected chi connectivity index (χ2v) is 6.46. The van der Waals surface area contributed by atoms with E-state index >= 15 is 0 Å². The zero-order valence-corrected chi connectivity index (χ0v) is 16.0. The molecule has 7 heteroatoms. The highest BCUT2D eigenvalue weighted by Gasteiger charge is 2.20. The van der Waals surface area contributed by atoms with Crippen LogP contribution >= 0.6 is 11.6 Å². The lowest BCUT2D eigenvalue weighted by Crippen LogP contribution is -2.24. The summed E-state index contributed by atoms with van der Waals surface area (Å²) < 4.78 is 10.7. The molecule has 0 aliphatic carbocycles. The molecular formula is C22H18ClNO5. The summed E-state index contributed by atoms with van der Waals surface area (Å²) in [6, 6.07) is 22.1. The molecule has 29 heavy (non-hydrogen) atoms. The maximum absolute atomic E-state index is 12.2. The molecule has 0 radical (unpaired) electrons.